The largest absolute Gasteiger partial charge is 0.326 e. The fourth-order valence-corrected chi connectivity index (χ4v) is 7.52. The molecule has 2 N–H and O–H groups in total. The van der Waals surface area contributed by atoms with Gasteiger partial charge in [0.15, 0.2) is 0 Å². The highest BCUT2D eigenvalue weighted by Crippen LogP contribution is 2.65. The molecule has 4 nitrogen and oxygen atoms in total. The first-order valence-electron chi connectivity index (χ1n) is 10.1. The zero-order chi connectivity index (χ0) is 19.2. The van der Waals surface area contributed by atoms with Gasteiger partial charge in [-0.1, -0.05) is 29.8 Å². The Hall–Kier alpha value is -1.36. The number of rotatable bonds is 5. The van der Waals surface area contributed by atoms with E-state index in [-0.39, 0.29) is 27.5 Å². The summed E-state index contributed by atoms with van der Waals surface area (Å²) in [6, 6.07) is 7.40. The van der Waals surface area contributed by atoms with Crippen molar-refractivity contribution >= 4 is 39.1 Å². The number of carbonyl (C=O) groups is 2. The Labute approximate surface area is 170 Å². The van der Waals surface area contributed by atoms with Crippen LogP contribution in [0.2, 0.25) is 0 Å². The van der Waals surface area contributed by atoms with Crippen molar-refractivity contribution in [3.8, 4) is 0 Å². The molecule has 4 aliphatic carbocycles. The molecular formula is C22H29BrN2O2. The molecule has 2 amide bonds. The molecule has 1 aromatic carbocycles. The third-order valence-electron chi connectivity index (χ3n) is 6.61. The van der Waals surface area contributed by atoms with E-state index in [0.717, 1.165) is 29.6 Å². The smallest absolute Gasteiger partial charge is 0.226 e. The Kier molecular flexibility index (Phi) is 4.86. The summed E-state index contributed by atoms with van der Waals surface area (Å²) in [7, 11) is 0. The van der Waals surface area contributed by atoms with Gasteiger partial charge in [0, 0.05) is 28.0 Å². The highest BCUT2D eigenvalue weighted by molar-refractivity contribution is 9.10. The van der Waals surface area contributed by atoms with Crippen molar-refractivity contribution < 1.29 is 9.59 Å². The Morgan fingerprint density at radius 2 is 1.59 bits per heavy atom. The molecule has 5 rings (SSSR count). The van der Waals surface area contributed by atoms with E-state index < -0.39 is 0 Å². The Morgan fingerprint density at radius 3 is 2.11 bits per heavy atom. The topological polar surface area (TPSA) is 58.2 Å². The van der Waals surface area contributed by atoms with Crippen LogP contribution in [0.4, 0.5) is 11.4 Å². The maximum absolute atomic E-state index is 12.8. The molecule has 4 fully saturated rings. The summed E-state index contributed by atoms with van der Waals surface area (Å²) in [6.45, 7) is 3.73. The number of alkyl halides is 1. The van der Waals surface area contributed by atoms with Crippen molar-refractivity contribution in [2.75, 3.05) is 10.6 Å². The Bertz CT molecular complexity index is 729. The van der Waals surface area contributed by atoms with Crippen LogP contribution < -0.4 is 10.6 Å². The first-order chi connectivity index (χ1) is 12.7. The summed E-state index contributed by atoms with van der Waals surface area (Å²) in [6.07, 6.45) is 8.13. The highest BCUT2D eigenvalue weighted by atomic mass is 79.9. The van der Waals surface area contributed by atoms with Crippen molar-refractivity contribution in [1.82, 2.24) is 0 Å². The van der Waals surface area contributed by atoms with Gasteiger partial charge in [-0.05, 0) is 80.0 Å². The molecule has 27 heavy (non-hydrogen) atoms. The summed E-state index contributed by atoms with van der Waals surface area (Å²) >= 11 is 4.02. The molecule has 1 aromatic rings. The van der Waals surface area contributed by atoms with Gasteiger partial charge >= 0.3 is 0 Å². The van der Waals surface area contributed by atoms with Crippen LogP contribution in [-0.2, 0) is 9.59 Å². The summed E-state index contributed by atoms with van der Waals surface area (Å²) < 4.78 is 0.285. The third kappa shape index (κ3) is 4.08. The van der Waals surface area contributed by atoms with Crippen LogP contribution in [0.15, 0.2) is 24.3 Å². The lowest BCUT2D eigenvalue weighted by Gasteiger charge is -2.60. The lowest BCUT2D eigenvalue weighted by molar-refractivity contribution is -0.123. The van der Waals surface area contributed by atoms with Crippen LogP contribution in [0.5, 0.6) is 0 Å². The van der Waals surface area contributed by atoms with Crippen molar-refractivity contribution in [2.24, 2.45) is 23.2 Å². The van der Waals surface area contributed by atoms with E-state index in [1.165, 1.54) is 32.1 Å². The van der Waals surface area contributed by atoms with Gasteiger partial charge in [-0.3, -0.25) is 9.59 Å². The Morgan fingerprint density at radius 1 is 1.04 bits per heavy atom. The number of amides is 2. The SMILES string of the molecule is CC(C)C(=O)Nc1ccc(NC(=O)CC23CC4CC(CC(Br)(C4)C2)C3)cc1. The molecule has 0 heterocycles. The van der Waals surface area contributed by atoms with E-state index in [0.29, 0.717) is 6.42 Å². The van der Waals surface area contributed by atoms with Gasteiger partial charge in [0.25, 0.3) is 0 Å². The van der Waals surface area contributed by atoms with Gasteiger partial charge in [0.1, 0.15) is 0 Å². The average molecular weight is 433 g/mol. The van der Waals surface area contributed by atoms with Crippen LogP contribution >= 0.6 is 15.9 Å². The first kappa shape index (κ1) is 19.0. The molecule has 2 atom stereocenters. The summed E-state index contributed by atoms with van der Waals surface area (Å²) in [5, 5.41) is 5.94. The van der Waals surface area contributed by atoms with Crippen LogP contribution in [0.3, 0.4) is 0 Å². The quantitative estimate of drug-likeness (QED) is 0.616. The van der Waals surface area contributed by atoms with E-state index in [9.17, 15) is 9.59 Å². The minimum atomic E-state index is -0.0533. The van der Waals surface area contributed by atoms with Gasteiger partial charge in [-0.2, -0.15) is 0 Å². The molecular weight excluding hydrogens is 404 g/mol. The third-order valence-corrected chi connectivity index (χ3v) is 7.53. The summed E-state index contributed by atoms with van der Waals surface area (Å²) in [5.74, 6) is 1.65. The second-order valence-corrected chi connectivity index (χ2v) is 11.2. The summed E-state index contributed by atoms with van der Waals surface area (Å²) in [5.41, 5.74) is 1.73. The molecule has 0 saturated heterocycles. The van der Waals surface area contributed by atoms with Gasteiger partial charge in [0.2, 0.25) is 11.8 Å². The zero-order valence-electron chi connectivity index (χ0n) is 16.2. The molecule has 0 aliphatic heterocycles. The molecule has 5 heteroatoms. The van der Waals surface area contributed by atoms with E-state index >= 15 is 0 Å². The summed E-state index contributed by atoms with van der Waals surface area (Å²) in [4.78, 5) is 24.5. The fraction of sp³-hybridized carbons (Fsp3) is 0.636. The predicted octanol–water partition coefficient (Wildman–Crippen LogP) is 5.34. The van der Waals surface area contributed by atoms with Crippen LogP contribution in [-0.4, -0.2) is 16.1 Å². The van der Waals surface area contributed by atoms with E-state index in [1.54, 1.807) is 0 Å². The second-order valence-electron chi connectivity index (χ2n) is 9.56. The number of nitrogens with one attached hydrogen (secondary N) is 2. The first-order valence-corrected chi connectivity index (χ1v) is 10.9. The van der Waals surface area contributed by atoms with Crippen molar-refractivity contribution in [3.05, 3.63) is 24.3 Å². The number of hydrogen-bond donors (Lipinski definition) is 2. The van der Waals surface area contributed by atoms with Crippen LogP contribution in [0, 0.1) is 23.2 Å². The number of anilines is 2. The molecule has 4 saturated carbocycles. The molecule has 4 aliphatic rings. The number of hydrogen-bond acceptors (Lipinski definition) is 2. The molecule has 0 spiro atoms. The number of halogens is 1. The predicted molar refractivity (Wildman–Crippen MR) is 112 cm³/mol. The van der Waals surface area contributed by atoms with Gasteiger partial charge in [0.05, 0.1) is 0 Å². The maximum atomic E-state index is 12.8. The van der Waals surface area contributed by atoms with E-state index in [1.807, 2.05) is 38.1 Å². The number of carbonyl (C=O) groups excluding carboxylic acids is 2. The van der Waals surface area contributed by atoms with Gasteiger partial charge in [-0.15, -0.1) is 0 Å². The lowest BCUT2D eigenvalue weighted by atomic mass is 9.48. The highest BCUT2D eigenvalue weighted by Gasteiger charge is 2.57. The second kappa shape index (κ2) is 6.91. The van der Waals surface area contributed by atoms with Gasteiger partial charge < -0.3 is 10.6 Å². The normalized spacial score (nSPS) is 33.9. The average Bonchev–Trinajstić information content (AvgIpc) is 2.53. The lowest BCUT2D eigenvalue weighted by Crippen LogP contribution is -2.53. The van der Waals surface area contributed by atoms with Crippen molar-refractivity contribution in [3.63, 3.8) is 0 Å². The Balaban J connectivity index is 1.36. The van der Waals surface area contributed by atoms with E-state index in [2.05, 4.69) is 26.6 Å². The molecule has 0 radical (unpaired) electrons. The number of benzene rings is 1. The zero-order valence-corrected chi connectivity index (χ0v) is 17.8. The minimum absolute atomic E-state index is 0.00250. The maximum Gasteiger partial charge on any atom is 0.226 e. The van der Waals surface area contributed by atoms with Crippen LogP contribution in [0.25, 0.3) is 0 Å². The van der Waals surface area contributed by atoms with Crippen LogP contribution in [0.1, 0.15) is 58.8 Å². The minimum Gasteiger partial charge on any atom is -0.326 e. The van der Waals surface area contributed by atoms with Gasteiger partial charge in [-0.25, -0.2) is 0 Å². The standard InChI is InChI=1S/C22H29BrN2O2/c1-14(2)20(27)25-18-5-3-17(4-6-18)24-19(26)12-21-8-15-7-16(9-21)11-22(23,10-15)13-21/h3-6,14-16H,7-13H2,1-2H3,(H,24,26)(H,25,27). The fourth-order valence-electron chi connectivity index (χ4n) is 6.01. The van der Waals surface area contributed by atoms with E-state index in [4.69, 9.17) is 0 Å². The molecule has 4 bridgehead atoms. The monoisotopic (exact) mass is 432 g/mol. The van der Waals surface area contributed by atoms with Crippen molar-refractivity contribution in [2.45, 2.75) is 63.1 Å². The molecule has 2 unspecified atom stereocenters. The molecule has 0 aromatic heterocycles. The van der Waals surface area contributed by atoms with Crippen molar-refractivity contribution in [1.29, 1.82) is 0 Å². The molecule has 146 valence electrons.